The lowest BCUT2D eigenvalue weighted by Crippen LogP contribution is -2.26. The number of methoxy groups -OCH3 is 2. The zero-order valence-electron chi connectivity index (χ0n) is 14.8. The third-order valence-corrected chi connectivity index (χ3v) is 4.04. The van der Waals surface area contributed by atoms with Crippen LogP contribution in [-0.4, -0.2) is 34.9 Å². The zero-order valence-corrected chi connectivity index (χ0v) is 14.8. The molecule has 7 heteroatoms. The van der Waals surface area contributed by atoms with Crippen LogP contribution in [0.3, 0.4) is 0 Å². The Morgan fingerprint density at radius 2 is 1.73 bits per heavy atom. The van der Waals surface area contributed by atoms with E-state index in [-0.39, 0.29) is 11.9 Å². The third kappa shape index (κ3) is 3.83. The molecule has 0 radical (unpaired) electrons. The fourth-order valence-corrected chi connectivity index (χ4v) is 2.56. The first kappa shape index (κ1) is 17.5. The molecule has 1 atom stereocenters. The predicted octanol–water partition coefficient (Wildman–Crippen LogP) is 2.78. The van der Waals surface area contributed by atoms with Crippen LogP contribution in [0.5, 0.6) is 11.5 Å². The van der Waals surface area contributed by atoms with Crippen LogP contribution in [0.2, 0.25) is 0 Å². The molecule has 0 aliphatic heterocycles. The summed E-state index contributed by atoms with van der Waals surface area (Å²) in [5, 5.41) is 7.08. The Balaban J connectivity index is 1.73. The Hall–Kier alpha value is -3.35. The van der Waals surface area contributed by atoms with Crippen molar-refractivity contribution in [2.24, 2.45) is 0 Å². The molecule has 1 N–H and O–H groups in total. The van der Waals surface area contributed by atoms with Gasteiger partial charge in [-0.2, -0.15) is 5.10 Å². The summed E-state index contributed by atoms with van der Waals surface area (Å²) < 4.78 is 12.1. The first-order chi connectivity index (χ1) is 12.6. The van der Waals surface area contributed by atoms with Crippen LogP contribution >= 0.6 is 0 Å². The Kier molecular flexibility index (Phi) is 5.17. The SMILES string of the molecule is COc1cc(OC)cc(C(=O)NC(C)c2ccc(-n3cncn3)cc2)c1. The van der Waals surface area contributed by atoms with Crippen molar-refractivity contribution in [3.05, 3.63) is 66.2 Å². The summed E-state index contributed by atoms with van der Waals surface area (Å²) in [5.74, 6) is 0.939. The Bertz CT molecular complexity index is 854. The zero-order chi connectivity index (χ0) is 18.5. The summed E-state index contributed by atoms with van der Waals surface area (Å²) in [5.41, 5.74) is 2.37. The molecule has 0 aliphatic carbocycles. The molecule has 1 unspecified atom stereocenters. The molecule has 1 heterocycles. The van der Waals surface area contributed by atoms with Gasteiger partial charge in [0.25, 0.3) is 5.91 Å². The lowest BCUT2D eigenvalue weighted by molar-refractivity contribution is 0.0939. The minimum Gasteiger partial charge on any atom is -0.497 e. The number of amides is 1. The molecule has 0 bridgehead atoms. The lowest BCUT2D eigenvalue weighted by Gasteiger charge is -2.16. The second kappa shape index (κ2) is 7.69. The molecule has 26 heavy (non-hydrogen) atoms. The maximum absolute atomic E-state index is 12.6. The predicted molar refractivity (Wildman–Crippen MR) is 96.8 cm³/mol. The van der Waals surface area contributed by atoms with Gasteiger partial charge >= 0.3 is 0 Å². The normalized spacial score (nSPS) is 11.7. The summed E-state index contributed by atoms with van der Waals surface area (Å²) in [6, 6.07) is 12.7. The number of hydrogen-bond acceptors (Lipinski definition) is 5. The van der Waals surface area contributed by atoms with E-state index >= 15 is 0 Å². The topological polar surface area (TPSA) is 78.3 Å². The highest BCUT2D eigenvalue weighted by Gasteiger charge is 2.14. The maximum atomic E-state index is 12.6. The molecule has 134 valence electrons. The van der Waals surface area contributed by atoms with E-state index in [4.69, 9.17) is 9.47 Å². The summed E-state index contributed by atoms with van der Waals surface area (Å²) in [4.78, 5) is 16.5. The molecular weight excluding hydrogens is 332 g/mol. The van der Waals surface area contributed by atoms with Gasteiger partial charge in [-0.25, -0.2) is 9.67 Å². The van der Waals surface area contributed by atoms with Crippen molar-refractivity contribution >= 4 is 5.91 Å². The summed E-state index contributed by atoms with van der Waals surface area (Å²) in [7, 11) is 3.10. The van der Waals surface area contributed by atoms with E-state index < -0.39 is 0 Å². The second-order valence-corrected chi connectivity index (χ2v) is 5.73. The number of carbonyl (C=O) groups is 1. The molecule has 0 aliphatic rings. The van der Waals surface area contributed by atoms with Gasteiger partial charge in [-0.1, -0.05) is 12.1 Å². The molecule has 0 saturated carbocycles. The van der Waals surface area contributed by atoms with Crippen LogP contribution in [0.4, 0.5) is 0 Å². The Morgan fingerprint density at radius 3 is 2.27 bits per heavy atom. The lowest BCUT2D eigenvalue weighted by atomic mass is 10.1. The quantitative estimate of drug-likeness (QED) is 0.738. The average Bonchev–Trinajstić information content (AvgIpc) is 3.22. The summed E-state index contributed by atoms with van der Waals surface area (Å²) in [6.45, 7) is 1.93. The molecule has 2 aromatic carbocycles. The number of aromatic nitrogens is 3. The standard InChI is InChI=1S/C19H20N4O3/c1-13(14-4-6-16(7-5-14)23-12-20-11-21-23)22-19(24)15-8-17(25-2)10-18(9-15)26-3/h4-13H,1-3H3,(H,22,24). The van der Waals surface area contributed by atoms with Gasteiger partial charge < -0.3 is 14.8 Å². The van der Waals surface area contributed by atoms with Crippen LogP contribution in [0.15, 0.2) is 55.1 Å². The maximum Gasteiger partial charge on any atom is 0.252 e. The van der Waals surface area contributed by atoms with Crippen molar-refractivity contribution in [2.45, 2.75) is 13.0 Å². The number of rotatable bonds is 6. The molecule has 7 nitrogen and oxygen atoms in total. The average molecular weight is 352 g/mol. The van der Waals surface area contributed by atoms with E-state index in [1.807, 2.05) is 31.2 Å². The van der Waals surface area contributed by atoms with Crippen molar-refractivity contribution in [1.29, 1.82) is 0 Å². The van der Waals surface area contributed by atoms with E-state index in [2.05, 4.69) is 15.4 Å². The fourth-order valence-electron chi connectivity index (χ4n) is 2.56. The van der Waals surface area contributed by atoms with Crippen LogP contribution in [0.25, 0.3) is 5.69 Å². The number of nitrogens with zero attached hydrogens (tertiary/aromatic N) is 3. The van der Waals surface area contributed by atoms with Crippen molar-refractivity contribution in [3.63, 3.8) is 0 Å². The first-order valence-corrected chi connectivity index (χ1v) is 8.09. The Morgan fingerprint density at radius 1 is 1.08 bits per heavy atom. The van der Waals surface area contributed by atoms with Gasteiger partial charge in [-0.05, 0) is 36.8 Å². The van der Waals surface area contributed by atoms with E-state index in [0.29, 0.717) is 17.1 Å². The number of nitrogens with one attached hydrogen (secondary N) is 1. The minimum absolute atomic E-state index is 0.163. The van der Waals surface area contributed by atoms with Gasteiger partial charge in [0, 0.05) is 11.6 Å². The fraction of sp³-hybridized carbons (Fsp3) is 0.211. The number of carbonyl (C=O) groups excluding carboxylic acids is 1. The van der Waals surface area contributed by atoms with Crippen LogP contribution in [0, 0.1) is 0 Å². The molecule has 3 aromatic rings. The monoisotopic (exact) mass is 352 g/mol. The second-order valence-electron chi connectivity index (χ2n) is 5.73. The van der Waals surface area contributed by atoms with Crippen LogP contribution in [0.1, 0.15) is 28.9 Å². The number of hydrogen-bond donors (Lipinski definition) is 1. The highest BCUT2D eigenvalue weighted by molar-refractivity contribution is 5.95. The van der Waals surface area contributed by atoms with E-state index in [0.717, 1.165) is 11.3 Å². The molecule has 0 saturated heterocycles. The number of benzene rings is 2. The van der Waals surface area contributed by atoms with Gasteiger partial charge in [0.05, 0.1) is 25.9 Å². The summed E-state index contributed by atoms with van der Waals surface area (Å²) in [6.07, 6.45) is 3.12. The highest BCUT2D eigenvalue weighted by Crippen LogP contribution is 2.23. The van der Waals surface area contributed by atoms with Crippen molar-refractivity contribution in [3.8, 4) is 17.2 Å². The van der Waals surface area contributed by atoms with Gasteiger partial charge in [0.15, 0.2) is 0 Å². The molecule has 0 fully saturated rings. The van der Waals surface area contributed by atoms with E-state index in [9.17, 15) is 4.79 Å². The van der Waals surface area contributed by atoms with Crippen molar-refractivity contribution < 1.29 is 14.3 Å². The Labute approximate surface area is 151 Å². The third-order valence-electron chi connectivity index (χ3n) is 4.04. The number of ether oxygens (including phenoxy) is 2. The van der Waals surface area contributed by atoms with Gasteiger partial charge in [-0.3, -0.25) is 4.79 Å². The van der Waals surface area contributed by atoms with E-state index in [1.165, 1.54) is 6.33 Å². The molecular formula is C19H20N4O3. The highest BCUT2D eigenvalue weighted by atomic mass is 16.5. The first-order valence-electron chi connectivity index (χ1n) is 8.09. The largest absolute Gasteiger partial charge is 0.497 e. The van der Waals surface area contributed by atoms with Crippen molar-refractivity contribution in [2.75, 3.05) is 14.2 Å². The molecule has 1 aromatic heterocycles. The molecule has 0 spiro atoms. The van der Waals surface area contributed by atoms with Gasteiger partial charge in [-0.15, -0.1) is 0 Å². The smallest absolute Gasteiger partial charge is 0.252 e. The molecule has 1 amide bonds. The van der Waals surface area contributed by atoms with Crippen LogP contribution in [-0.2, 0) is 0 Å². The molecule has 3 rings (SSSR count). The van der Waals surface area contributed by atoms with Crippen molar-refractivity contribution in [1.82, 2.24) is 20.1 Å². The van der Waals surface area contributed by atoms with E-state index in [1.54, 1.807) is 43.4 Å². The van der Waals surface area contributed by atoms with Crippen LogP contribution < -0.4 is 14.8 Å². The summed E-state index contributed by atoms with van der Waals surface area (Å²) >= 11 is 0. The minimum atomic E-state index is -0.199. The van der Waals surface area contributed by atoms with Gasteiger partial charge in [0.2, 0.25) is 0 Å². The van der Waals surface area contributed by atoms with Gasteiger partial charge in [0.1, 0.15) is 24.2 Å².